The van der Waals surface area contributed by atoms with Crippen LogP contribution in [0.1, 0.15) is 30.2 Å². The molecule has 5 heteroatoms. The van der Waals surface area contributed by atoms with Crippen molar-refractivity contribution in [3.63, 3.8) is 0 Å². The molecule has 1 aromatic rings. The second-order valence-corrected chi connectivity index (χ2v) is 5.80. The van der Waals surface area contributed by atoms with Crippen LogP contribution in [0.5, 0.6) is 0 Å². The van der Waals surface area contributed by atoms with Crippen molar-refractivity contribution in [3.8, 4) is 0 Å². The monoisotopic (exact) mass is 288 g/mol. The van der Waals surface area contributed by atoms with Gasteiger partial charge in [-0.3, -0.25) is 4.79 Å². The Morgan fingerprint density at radius 3 is 2.83 bits per heavy atom. The highest BCUT2D eigenvalue weighted by atomic mass is 35.5. The Bertz CT molecular complexity index is 341. The van der Waals surface area contributed by atoms with Crippen LogP contribution in [0.2, 0.25) is 0 Å². The molecule has 0 fully saturated rings. The molecular weight excluding hydrogens is 268 g/mol. The van der Waals surface area contributed by atoms with Crippen molar-refractivity contribution in [1.29, 1.82) is 0 Å². The number of halogens is 1. The minimum atomic E-state index is 0.114. The zero-order valence-corrected chi connectivity index (χ0v) is 12.6. The third-order valence-electron chi connectivity index (χ3n) is 2.78. The van der Waals surface area contributed by atoms with E-state index in [9.17, 15) is 4.79 Å². The highest BCUT2D eigenvalue weighted by molar-refractivity contribution is 7.10. The fourth-order valence-corrected chi connectivity index (χ4v) is 2.81. The van der Waals surface area contributed by atoms with Gasteiger partial charge in [0.25, 0.3) is 0 Å². The second kappa shape index (κ2) is 8.51. The van der Waals surface area contributed by atoms with Gasteiger partial charge in [0.1, 0.15) is 0 Å². The third-order valence-corrected chi connectivity index (χ3v) is 4.02. The fraction of sp³-hybridized carbons (Fsp3) is 0.615. The number of amides is 1. The molecule has 1 rings (SSSR count). The summed E-state index contributed by atoms with van der Waals surface area (Å²) in [4.78, 5) is 15.1. The van der Waals surface area contributed by atoms with Crippen molar-refractivity contribution < 1.29 is 4.79 Å². The Balaban J connectivity index is 2.37. The van der Waals surface area contributed by atoms with Gasteiger partial charge in [-0.05, 0) is 38.4 Å². The van der Waals surface area contributed by atoms with Gasteiger partial charge < -0.3 is 10.2 Å². The Morgan fingerprint density at radius 2 is 2.28 bits per heavy atom. The van der Waals surface area contributed by atoms with Gasteiger partial charge in [-0.15, -0.1) is 22.9 Å². The summed E-state index contributed by atoms with van der Waals surface area (Å²) >= 11 is 7.31. The number of hydrogen-bond acceptors (Lipinski definition) is 3. The van der Waals surface area contributed by atoms with Gasteiger partial charge in [-0.25, -0.2) is 0 Å². The first kappa shape index (κ1) is 15.5. The van der Waals surface area contributed by atoms with Gasteiger partial charge in [0, 0.05) is 23.7 Å². The lowest BCUT2D eigenvalue weighted by Crippen LogP contribution is -2.34. The number of nitrogens with one attached hydrogen (secondary N) is 1. The quantitative estimate of drug-likeness (QED) is 0.589. The maximum Gasteiger partial charge on any atom is 0.220 e. The van der Waals surface area contributed by atoms with E-state index in [1.54, 1.807) is 11.3 Å². The van der Waals surface area contributed by atoms with E-state index in [0.717, 1.165) is 12.8 Å². The van der Waals surface area contributed by atoms with Crippen molar-refractivity contribution in [2.75, 3.05) is 26.5 Å². The molecule has 1 N–H and O–H groups in total. The Kier molecular flexibility index (Phi) is 7.32. The van der Waals surface area contributed by atoms with Crippen LogP contribution in [0, 0.1) is 0 Å². The lowest BCUT2D eigenvalue weighted by atomic mass is 10.2. The molecule has 102 valence electrons. The van der Waals surface area contributed by atoms with Crippen molar-refractivity contribution >= 4 is 28.8 Å². The third kappa shape index (κ3) is 5.38. The van der Waals surface area contributed by atoms with Crippen LogP contribution >= 0.6 is 22.9 Å². The van der Waals surface area contributed by atoms with E-state index in [2.05, 4.69) is 21.7 Å². The largest absolute Gasteiger partial charge is 0.354 e. The molecule has 3 nitrogen and oxygen atoms in total. The molecule has 0 aromatic carbocycles. The first-order valence-corrected chi connectivity index (χ1v) is 7.59. The molecule has 0 aliphatic carbocycles. The average Bonchev–Trinajstić information content (AvgIpc) is 2.83. The number of alkyl halides is 1. The van der Waals surface area contributed by atoms with Gasteiger partial charge >= 0.3 is 0 Å². The molecular formula is C13H21ClN2OS. The first-order valence-electron chi connectivity index (χ1n) is 6.17. The lowest BCUT2D eigenvalue weighted by molar-refractivity contribution is -0.121. The maximum atomic E-state index is 11.6. The second-order valence-electron chi connectivity index (χ2n) is 4.44. The maximum absolute atomic E-state index is 11.6. The fourth-order valence-electron chi connectivity index (χ4n) is 1.70. The average molecular weight is 289 g/mol. The summed E-state index contributed by atoms with van der Waals surface area (Å²) in [5, 5.41) is 5.06. The molecule has 0 aliphatic heterocycles. The van der Waals surface area contributed by atoms with Crippen LogP contribution in [0.25, 0.3) is 0 Å². The molecule has 1 aromatic heterocycles. The van der Waals surface area contributed by atoms with E-state index in [4.69, 9.17) is 11.6 Å². The Labute approximate surface area is 118 Å². The van der Waals surface area contributed by atoms with Gasteiger partial charge in [0.2, 0.25) is 5.91 Å². The van der Waals surface area contributed by atoms with Crippen LogP contribution in [-0.2, 0) is 4.79 Å². The topological polar surface area (TPSA) is 32.3 Å². The van der Waals surface area contributed by atoms with Crippen molar-refractivity contribution in [3.05, 3.63) is 22.4 Å². The molecule has 1 heterocycles. The number of nitrogens with zero attached hydrogens (tertiary/aromatic N) is 1. The summed E-state index contributed by atoms with van der Waals surface area (Å²) in [5.74, 6) is 0.742. The summed E-state index contributed by atoms with van der Waals surface area (Å²) in [6, 6.07) is 4.40. The van der Waals surface area contributed by atoms with E-state index in [1.807, 2.05) is 20.2 Å². The smallest absolute Gasteiger partial charge is 0.220 e. The van der Waals surface area contributed by atoms with E-state index in [-0.39, 0.29) is 11.9 Å². The normalized spacial score (nSPS) is 12.7. The van der Waals surface area contributed by atoms with Crippen LogP contribution in [0.15, 0.2) is 17.5 Å². The highest BCUT2D eigenvalue weighted by Crippen LogP contribution is 2.22. The van der Waals surface area contributed by atoms with Crippen LogP contribution < -0.4 is 5.32 Å². The first-order chi connectivity index (χ1) is 8.65. The van der Waals surface area contributed by atoms with E-state index < -0.39 is 0 Å². The molecule has 0 radical (unpaired) electrons. The molecule has 1 atom stereocenters. The summed E-state index contributed by atoms with van der Waals surface area (Å²) in [6.45, 7) is 0.660. The van der Waals surface area contributed by atoms with Crippen LogP contribution in [-0.4, -0.2) is 37.3 Å². The number of hydrogen-bond donors (Lipinski definition) is 1. The van der Waals surface area contributed by atoms with Crippen LogP contribution in [0.4, 0.5) is 0 Å². The Morgan fingerprint density at radius 1 is 1.50 bits per heavy atom. The van der Waals surface area contributed by atoms with Gasteiger partial charge in [-0.2, -0.15) is 0 Å². The molecule has 0 saturated carbocycles. The number of carbonyl (C=O) groups excluding carboxylic acids is 1. The van der Waals surface area contributed by atoms with Gasteiger partial charge in [0.05, 0.1) is 6.04 Å². The molecule has 0 saturated heterocycles. The van der Waals surface area contributed by atoms with Gasteiger partial charge in [-0.1, -0.05) is 6.07 Å². The zero-order valence-electron chi connectivity index (χ0n) is 11.0. The number of rotatable bonds is 8. The molecule has 0 bridgehead atoms. The number of thiophene rings is 1. The summed E-state index contributed by atoms with van der Waals surface area (Å²) in [6.07, 6.45) is 2.33. The Hall–Kier alpha value is -0.580. The SMILES string of the molecule is CN(C)C(CNC(=O)CCCCCl)c1cccs1. The van der Waals surface area contributed by atoms with Crippen LogP contribution in [0.3, 0.4) is 0 Å². The van der Waals surface area contributed by atoms with E-state index in [1.165, 1.54) is 4.88 Å². The summed E-state index contributed by atoms with van der Waals surface area (Å²) < 4.78 is 0. The summed E-state index contributed by atoms with van der Waals surface area (Å²) in [5.41, 5.74) is 0. The van der Waals surface area contributed by atoms with Gasteiger partial charge in [0.15, 0.2) is 0 Å². The zero-order chi connectivity index (χ0) is 13.4. The number of likely N-dealkylation sites (N-methyl/N-ethyl adjacent to an activating group) is 1. The minimum absolute atomic E-state index is 0.114. The minimum Gasteiger partial charge on any atom is -0.354 e. The molecule has 18 heavy (non-hydrogen) atoms. The molecule has 0 aliphatic rings. The number of carbonyl (C=O) groups is 1. The van der Waals surface area contributed by atoms with Crippen molar-refractivity contribution in [2.45, 2.75) is 25.3 Å². The van der Waals surface area contributed by atoms with E-state index >= 15 is 0 Å². The lowest BCUT2D eigenvalue weighted by Gasteiger charge is -2.23. The summed E-state index contributed by atoms with van der Waals surface area (Å²) in [7, 11) is 4.06. The highest BCUT2D eigenvalue weighted by Gasteiger charge is 2.15. The standard InChI is InChI=1S/C13H21ClN2OS/c1-16(2)11(12-6-5-9-18-12)10-15-13(17)7-3-4-8-14/h5-6,9,11H,3-4,7-8,10H2,1-2H3,(H,15,17). The van der Waals surface area contributed by atoms with E-state index in [0.29, 0.717) is 18.8 Å². The molecule has 1 unspecified atom stereocenters. The predicted molar refractivity (Wildman–Crippen MR) is 78.3 cm³/mol. The van der Waals surface area contributed by atoms with Crippen molar-refractivity contribution in [1.82, 2.24) is 10.2 Å². The number of unbranched alkanes of at least 4 members (excludes halogenated alkanes) is 1. The molecule has 1 amide bonds. The van der Waals surface area contributed by atoms with Crippen molar-refractivity contribution in [2.24, 2.45) is 0 Å². The molecule has 0 spiro atoms. The predicted octanol–water partition coefficient (Wildman–Crippen LogP) is 2.88.